The third kappa shape index (κ3) is 3.78. The summed E-state index contributed by atoms with van der Waals surface area (Å²) in [6.45, 7) is 1.80. The second-order valence-electron chi connectivity index (χ2n) is 6.52. The number of amides is 1. The molecule has 1 saturated heterocycles. The van der Waals surface area contributed by atoms with E-state index < -0.39 is 0 Å². The maximum absolute atomic E-state index is 12.3. The van der Waals surface area contributed by atoms with E-state index in [-0.39, 0.29) is 23.9 Å². The molecule has 0 bridgehead atoms. The van der Waals surface area contributed by atoms with Crippen LogP contribution in [0.3, 0.4) is 0 Å². The van der Waals surface area contributed by atoms with Gasteiger partial charge in [-0.05, 0) is 18.0 Å². The summed E-state index contributed by atoms with van der Waals surface area (Å²) < 4.78 is 5.22. The van der Waals surface area contributed by atoms with E-state index in [1.165, 1.54) is 6.20 Å². The lowest BCUT2D eigenvalue weighted by molar-refractivity contribution is -0.131. The van der Waals surface area contributed by atoms with Gasteiger partial charge in [-0.2, -0.15) is 4.98 Å². The minimum atomic E-state index is 0.0959. The van der Waals surface area contributed by atoms with Crippen LogP contribution in [-0.4, -0.2) is 60.2 Å². The zero-order chi connectivity index (χ0) is 17.1. The largest absolute Gasteiger partial charge is 0.403 e. The van der Waals surface area contributed by atoms with Crippen molar-refractivity contribution in [1.82, 2.24) is 25.7 Å². The number of carbonyl (C=O) groups excluding carboxylic acids is 1. The Morgan fingerprint density at radius 3 is 2.79 bits per heavy atom. The van der Waals surface area contributed by atoms with Gasteiger partial charge in [0.1, 0.15) is 0 Å². The number of hydrogen-bond donors (Lipinski definition) is 3. The van der Waals surface area contributed by atoms with Crippen LogP contribution in [0.15, 0.2) is 16.9 Å². The SMILES string of the molecule is CN(C)c1noc(CNC2CN(C(=O)C3CC3)CC2N/C=C\N)n1. The summed E-state index contributed by atoms with van der Waals surface area (Å²) in [6, 6.07) is 0.197. The highest BCUT2D eigenvalue weighted by molar-refractivity contribution is 5.81. The molecule has 2 heterocycles. The van der Waals surface area contributed by atoms with E-state index in [9.17, 15) is 4.79 Å². The molecule has 2 atom stereocenters. The van der Waals surface area contributed by atoms with E-state index in [0.29, 0.717) is 31.5 Å². The Labute approximate surface area is 141 Å². The number of likely N-dealkylation sites (tertiary alicyclic amines) is 1. The highest BCUT2D eigenvalue weighted by atomic mass is 16.5. The zero-order valence-electron chi connectivity index (χ0n) is 14.1. The number of anilines is 1. The number of aromatic nitrogens is 2. The molecule has 1 aromatic rings. The summed E-state index contributed by atoms with van der Waals surface area (Å²) >= 11 is 0. The Morgan fingerprint density at radius 1 is 1.42 bits per heavy atom. The van der Waals surface area contributed by atoms with Gasteiger partial charge in [0.15, 0.2) is 0 Å². The molecule has 3 rings (SSSR count). The molecule has 4 N–H and O–H groups in total. The van der Waals surface area contributed by atoms with E-state index in [4.69, 9.17) is 10.3 Å². The second kappa shape index (κ2) is 7.08. The predicted molar refractivity (Wildman–Crippen MR) is 88.8 cm³/mol. The van der Waals surface area contributed by atoms with Crippen LogP contribution in [-0.2, 0) is 11.3 Å². The number of nitrogens with one attached hydrogen (secondary N) is 2. The van der Waals surface area contributed by atoms with Gasteiger partial charge in [-0.1, -0.05) is 0 Å². The van der Waals surface area contributed by atoms with Crippen LogP contribution in [0.2, 0.25) is 0 Å². The van der Waals surface area contributed by atoms with Gasteiger partial charge in [-0.15, -0.1) is 0 Å². The highest BCUT2D eigenvalue weighted by Crippen LogP contribution is 2.32. The molecule has 1 aliphatic carbocycles. The summed E-state index contributed by atoms with van der Waals surface area (Å²) in [7, 11) is 3.72. The Morgan fingerprint density at radius 2 is 2.17 bits per heavy atom. The number of hydrogen-bond acceptors (Lipinski definition) is 8. The monoisotopic (exact) mass is 335 g/mol. The average Bonchev–Trinajstić information content (AvgIpc) is 3.16. The van der Waals surface area contributed by atoms with Crippen molar-refractivity contribution in [3.05, 3.63) is 18.3 Å². The normalized spacial score (nSPS) is 23.8. The Kier molecular flexibility index (Phi) is 4.89. The third-order valence-corrected chi connectivity index (χ3v) is 4.34. The van der Waals surface area contributed by atoms with Crippen molar-refractivity contribution in [2.45, 2.75) is 31.5 Å². The fourth-order valence-electron chi connectivity index (χ4n) is 2.84. The van der Waals surface area contributed by atoms with Crippen LogP contribution in [0.5, 0.6) is 0 Å². The lowest BCUT2D eigenvalue weighted by atomic mass is 10.2. The van der Waals surface area contributed by atoms with Crippen molar-refractivity contribution < 1.29 is 9.32 Å². The molecule has 1 saturated carbocycles. The summed E-state index contributed by atoms with van der Waals surface area (Å²) in [4.78, 5) is 20.3. The van der Waals surface area contributed by atoms with E-state index in [1.807, 2.05) is 19.0 Å². The highest BCUT2D eigenvalue weighted by Gasteiger charge is 2.40. The molecule has 1 aromatic heterocycles. The third-order valence-electron chi connectivity index (χ3n) is 4.34. The first-order chi connectivity index (χ1) is 11.6. The first kappa shape index (κ1) is 16.6. The number of nitrogens with zero attached hydrogens (tertiary/aromatic N) is 4. The van der Waals surface area contributed by atoms with Gasteiger partial charge >= 0.3 is 0 Å². The fraction of sp³-hybridized carbons (Fsp3) is 0.667. The molecule has 2 aliphatic rings. The summed E-state index contributed by atoms with van der Waals surface area (Å²) in [5.74, 6) is 1.56. The molecule has 0 spiro atoms. The zero-order valence-corrected chi connectivity index (χ0v) is 14.1. The maximum atomic E-state index is 12.3. The molecule has 0 aromatic carbocycles. The molecular weight excluding hydrogens is 310 g/mol. The van der Waals surface area contributed by atoms with E-state index in [1.54, 1.807) is 11.1 Å². The summed E-state index contributed by atoms with van der Waals surface area (Å²) in [6.07, 6.45) is 5.21. The van der Waals surface area contributed by atoms with Crippen molar-refractivity contribution >= 4 is 11.9 Å². The fourth-order valence-corrected chi connectivity index (χ4v) is 2.84. The molecule has 2 fully saturated rings. The van der Waals surface area contributed by atoms with Crippen molar-refractivity contribution in [1.29, 1.82) is 0 Å². The van der Waals surface area contributed by atoms with Crippen molar-refractivity contribution in [2.75, 3.05) is 32.1 Å². The Hall–Kier alpha value is -2.29. The van der Waals surface area contributed by atoms with Gasteiger partial charge in [-0.25, -0.2) is 0 Å². The van der Waals surface area contributed by atoms with E-state index in [0.717, 1.165) is 12.8 Å². The molecule has 24 heavy (non-hydrogen) atoms. The van der Waals surface area contributed by atoms with Crippen LogP contribution in [0, 0.1) is 5.92 Å². The van der Waals surface area contributed by atoms with Crippen LogP contribution >= 0.6 is 0 Å². The molecule has 1 aliphatic heterocycles. The van der Waals surface area contributed by atoms with Crippen molar-refractivity contribution in [3.63, 3.8) is 0 Å². The van der Waals surface area contributed by atoms with Gasteiger partial charge < -0.3 is 30.7 Å². The van der Waals surface area contributed by atoms with Crippen LogP contribution in [0.25, 0.3) is 0 Å². The number of nitrogens with two attached hydrogens (primary N) is 1. The lowest BCUT2D eigenvalue weighted by Gasteiger charge is -2.18. The van der Waals surface area contributed by atoms with Crippen LogP contribution in [0.4, 0.5) is 5.95 Å². The summed E-state index contributed by atoms with van der Waals surface area (Å²) in [5.41, 5.74) is 5.42. The maximum Gasteiger partial charge on any atom is 0.265 e. The molecule has 9 nitrogen and oxygen atoms in total. The van der Waals surface area contributed by atoms with Gasteiger partial charge in [0.2, 0.25) is 11.8 Å². The van der Waals surface area contributed by atoms with Crippen LogP contribution < -0.4 is 21.3 Å². The van der Waals surface area contributed by atoms with Gasteiger partial charge in [0.05, 0.1) is 12.6 Å². The minimum absolute atomic E-state index is 0.0959. The topological polar surface area (TPSA) is 113 Å². The van der Waals surface area contributed by atoms with E-state index in [2.05, 4.69) is 20.8 Å². The smallest absolute Gasteiger partial charge is 0.265 e. The van der Waals surface area contributed by atoms with Gasteiger partial charge in [0, 0.05) is 51.5 Å². The molecule has 2 unspecified atom stereocenters. The van der Waals surface area contributed by atoms with Crippen LogP contribution in [0.1, 0.15) is 18.7 Å². The average molecular weight is 335 g/mol. The number of rotatable bonds is 7. The lowest BCUT2D eigenvalue weighted by Crippen LogP contribution is -2.45. The second-order valence-corrected chi connectivity index (χ2v) is 6.52. The standard InChI is InChI=1S/C15H25N7O2/c1-21(2)15-19-13(24-20-15)7-18-12-9-22(14(23)10-3-4-10)8-11(12)17-6-5-16/h5-6,10-12,17-18H,3-4,7-9,16H2,1-2H3/b6-5-. The molecule has 132 valence electrons. The van der Waals surface area contributed by atoms with E-state index >= 15 is 0 Å². The van der Waals surface area contributed by atoms with Crippen molar-refractivity contribution in [2.24, 2.45) is 11.7 Å². The molecule has 1 amide bonds. The Bertz CT molecular complexity index is 596. The molecular formula is C15H25N7O2. The Balaban J connectivity index is 1.58. The summed E-state index contributed by atoms with van der Waals surface area (Å²) in [5, 5.41) is 10.6. The van der Waals surface area contributed by atoms with Gasteiger partial charge in [-0.3, -0.25) is 4.79 Å². The minimum Gasteiger partial charge on any atom is -0.403 e. The van der Waals surface area contributed by atoms with Crippen molar-refractivity contribution in [3.8, 4) is 0 Å². The first-order valence-electron chi connectivity index (χ1n) is 8.23. The first-order valence-corrected chi connectivity index (χ1v) is 8.23. The molecule has 9 heteroatoms. The quantitative estimate of drug-likeness (QED) is 0.596. The number of carbonyl (C=O) groups is 1. The molecule has 0 radical (unpaired) electrons. The van der Waals surface area contributed by atoms with Gasteiger partial charge in [0.25, 0.3) is 5.95 Å². The predicted octanol–water partition coefficient (Wildman–Crippen LogP) is -0.766.